The fourth-order valence-corrected chi connectivity index (χ4v) is 4.77. The van der Waals surface area contributed by atoms with E-state index in [0.29, 0.717) is 5.69 Å². The number of fused-ring (bicyclic) bond motifs is 1. The third-order valence-corrected chi connectivity index (χ3v) is 6.81. The van der Waals surface area contributed by atoms with Crippen molar-refractivity contribution in [3.05, 3.63) is 72.3 Å². The molecule has 5 nitrogen and oxygen atoms in total. The number of amides is 1. The molecule has 0 saturated carbocycles. The van der Waals surface area contributed by atoms with Crippen molar-refractivity contribution in [3.63, 3.8) is 0 Å². The van der Waals surface area contributed by atoms with Crippen molar-refractivity contribution < 1.29 is 13.2 Å². The van der Waals surface area contributed by atoms with Crippen LogP contribution in [-0.4, -0.2) is 31.2 Å². The Balaban J connectivity index is 1.86. The molecule has 28 heavy (non-hydrogen) atoms. The van der Waals surface area contributed by atoms with Gasteiger partial charge in [0.1, 0.15) is 6.04 Å². The van der Waals surface area contributed by atoms with E-state index in [0.717, 1.165) is 16.3 Å². The van der Waals surface area contributed by atoms with E-state index in [1.54, 1.807) is 44.2 Å². The van der Waals surface area contributed by atoms with Gasteiger partial charge in [-0.05, 0) is 48.9 Å². The van der Waals surface area contributed by atoms with Gasteiger partial charge in [-0.1, -0.05) is 55.0 Å². The molecule has 0 aromatic heterocycles. The zero-order valence-corrected chi connectivity index (χ0v) is 17.0. The number of anilines is 1. The number of hydrogen-bond donors (Lipinski definition) is 1. The molecule has 0 unspecified atom stereocenters. The van der Waals surface area contributed by atoms with Gasteiger partial charge in [0, 0.05) is 12.2 Å². The highest BCUT2D eigenvalue weighted by Gasteiger charge is 2.32. The Kier molecular flexibility index (Phi) is 5.82. The Morgan fingerprint density at radius 1 is 1.00 bits per heavy atom. The zero-order chi connectivity index (χ0) is 20.3. The van der Waals surface area contributed by atoms with Crippen LogP contribution < -0.4 is 5.32 Å². The highest BCUT2D eigenvalue weighted by molar-refractivity contribution is 7.89. The number of hydrogen-bond acceptors (Lipinski definition) is 3. The summed E-state index contributed by atoms with van der Waals surface area (Å²) in [6.45, 7) is 5.49. The van der Waals surface area contributed by atoms with Crippen LogP contribution in [0, 0.1) is 6.92 Å². The number of nitrogens with one attached hydrogen (secondary N) is 1. The van der Waals surface area contributed by atoms with Gasteiger partial charge in [0.05, 0.1) is 4.90 Å². The van der Waals surface area contributed by atoms with E-state index in [9.17, 15) is 13.2 Å². The van der Waals surface area contributed by atoms with Crippen molar-refractivity contribution in [1.82, 2.24) is 4.31 Å². The SMILES string of the molecule is CCN([C@@H](C)C(=O)Nc1ccc(C)cc1)S(=O)(=O)c1ccc2ccccc2c1. The van der Waals surface area contributed by atoms with Crippen molar-refractivity contribution >= 4 is 32.4 Å². The molecule has 0 radical (unpaired) electrons. The lowest BCUT2D eigenvalue weighted by atomic mass is 10.1. The third kappa shape index (κ3) is 4.08. The molecule has 1 N–H and O–H groups in total. The maximum atomic E-state index is 13.2. The van der Waals surface area contributed by atoms with Gasteiger partial charge in [0.15, 0.2) is 0 Å². The topological polar surface area (TPSA) is 66.5 Å². The molecule has 0 saturated heterocycles. The van der Waals surface area contributed by atoms with Gasteiger partial charge in [0.25, 0.3) is 0 Å². The standard InChI is InChI=1S/C22H24N2O3S/c1-4-24(17(3)22(25)23-20-12-9-16(2)10-13-20)28(26,27)21-14-11-18-7-5-6-8-19(18)15-21/h5-15,17H,4H2,1-3H3,(H,23,25)/t17-/m0/s1. The molecule has 0 aliphatic rings. The molecular weight excluding hydrogens is 372 g/mol. The zero-order valence-electron chi connectivity index (χ0n) is 16.2. The molecule has 6 heteroatoms. The van der Waals surface area contributed by atoms with Crippen molar-refractivity contribution in [2.75, 3.05) is 11.9 Å². The molecule has 0 spiro atoms. The van der Waals surface area contributed by atoms with Gasteiger partial charge in [-0.25, -0.2) is 8.42 Å². The predicted octanol–water partition coefficient (Wildman–Crippen LogP) is 4.19. The summed E-state index contributed by atoms with van der Waals surface area (Å²) in [6.07, 6.45) is 0. The van der Waals surface area contributed by atoms with Crippen LogP contribution in [0.1, 0.15) is 19.4 Å². The first kappa shape index (κ1) is 20.0. The lowest BCUT2D eigenvalue weighted by molar-refractivity contribution is -0.119. The summed E-state index contributed by atoms with van der Waals surface area (Å²) in [5, 5.41) is 4.60. The first-order valence-electron chi connectivity index (χ1n) is 9.21. The lowest BCUT2D eigenvalue weighted by Crippen LogP contribution is -2.45. The molecule has 3 aromatic rings. The van der Waals surface area contributed by atoms with Gasteiger partial charge in [0.2, 0.25) is 15.9 Å². The van der Waals surface area contributed by atoms with Gasteiger partial charge in [-0.2, -0.15) is 4.31 Å². The quantitative estimate of drug-likeness (QED) is 0.679. The molecule has 0 heterocycles. The summed E-state index contributed by atoms with van der Waals surface area (Å²) in [4.78, 5) is 12.9. The summed E-state index contributed by atoms with van der Waals surface area (Å²) in [7, 11) is -3.81. The second kappa shape index (κ2) is 8.12. The van der Waals surface area contributed by atoms with Gasteiger partial charge < -0.3 is 5.32 Å². The molecule has 1 amide bonds. The van der Waals surface area contributed by atoms with Crippen LogP contribution in [0.3, 0.4) is 0 Å². The van der Waals surface area contributed by atoms with Crippen molar-refractivity contribution in [1.29, 1.82) is 0 Å². The van der Waals surface area contributed by atoms with Crippen LogP contribution in [-0.2, 0) is 14.8 Å². The number of benzene rings is 3. The van der Waals surface area contributed by atoms with E-state index in [1.165, 1.54) is 4.31 Å². The maximum absolute atomic E-state index is 13.2. The molecule has 146 valence electrons. The minimum absolute atomic E-state index is 0.183. The smallest absolute Gasteiger partial charge is 0.243 e. The third-order valence-electron chi connectivity index (χ3n) is 4.77. The second-order valence-electron chi connectivity index (χ2n) is 6.75. The van der Waals surface area contributed by atoms with Crippen LogP contribution >= 0.6 is 0 Å². The minimum Gasteiger partial charge on any atom is -0.325 e. The first-order valence-corrected chi connectivity index (χ1v) is 10.6. The number of carbonyl (C=O) groups excluding carboxylic acids is 1. The van der Waals surface area contributed by atoms with Crippen molar-refractivity contribution in [2.45, 2.75) is 31.7 Å². The van der Waals surface area contributed by atoms with Crippen LogP contribution in [0.5, 0.6) is 0 Å². The Hall–Kier alpha value is -2.70. The summed E-state index contributed by atoms with van der Waals surface area (Å²) in [6, 6.07) is 19.1. The fraction of sp³-hybridized carbons (Fsp3) is 0.227. The first-order chi connectivity index (χ1) is 13.3. The summed E-state index contributed by atoms with van der Waals surface area (Å²) >= 11 is 0. The van der Waals surface area contributed by atoms with Crippen LogP contribution in [0.2, 0.25) is 0 Å². The van der Waals surface area contributed by atoms with E-state index in [-0.39, 0.29) is 17.3 Å². The predicted molar refractivity (Wildman–Crippen MR) is 113 cm³/mol. The maximum Gasteiger partial charge on any atom is 0.243 e. The van der Waals surface area contributed by atoms with E-state index in [2.05, 4.69) is 5.32 Å². The fourth-order valence-electron chi connectivity index (χ4n) is 3.13. The molecule has 0 fully saturated rings. The van der Waals surface area contributed by atoms with Gasteiger partial charge >= 0.3 is 0 Å². The van der Waals surface area contributed by atoms with E-state index >= 15 is 0 Å². The van der Waals surface area contributed by atoms with Crippen molar-refractivity contribution in [2.24, 2.45) is 0 Å². The number of likely N-dealkylation sites (N-methyl/N-ethyl adjacent to an activating group) is 1. The Labute approximate surface area is 166 Å². The van der Waals surface area contributed by atoms with Crippen LogP contribution in [0.15, 0.2) is 71.6 Å². The summed E-state index contributed by atoms with van der Waals surface area (Å²) in [5.74, 6) is -0.366. The molecule has 1 atom stereocenters. The normalized spacial score (nSPS) is 12.9. The Morgan fingerprint density at radius 2 is 1.64 bits per heavy atom. The van der Waals surface area contributed by atoms with Crippen molar-refractivity contribution in [3.8, 4) is 0 Å². The lowest BCUT2D eigenvalue weighted by Gasteiger charge is -2.26. The van der Waals surface area contributed by atoms with E-state index in [1.807, 2.05) is 43.3 Å². The number of rotatable bonds is 6. The second-order valence-corrected chi connectivity index (χ2v) is 8.64. The van der Waals surface area contributed by atoms with Gasteiger partial charge in [-0.15, -0.1) is 0 Å². The molecular formula is C22H24N2O3S. The van der Waals surface area contributed by atoms with E-state index in [4.69, 9.17) is 0 Å². The number of aryl methyl sites for hydroxylation is 1. The number of nitrogens with zero attached hydrogens (tertiary/aromatic N) is 1. The largest absolute Gasteiger partial charge is 0.325 e. The minimum atomic E-state index is -3.81. The molecule has 0 aliphatic heterocycles. The number of carbonyl (C=O) groups is 1. The highest BCUT2D eigenvalue weighted by atomic mass is 32.2. The summed E-state index contributed by atoms with van der Waals surface area (Å²) in [5.41, 5.74) is 1.72. The monoisotopic (exact) mass is 396 g/mol. The molecule has 3 rings (SSSR count). The molecule has 0 bridgehead atoms. The number of sulfonamides is 1. The Bertz CT molecular complexity index is 1090. The highest BCUT2D eigenvalue weighted by Crippen LogP contribution is 2.23. The molecule has 0 aliphatic carbocycles. The van der Waals surface area contributed by atoms with Gasteiger partial charge in [-0.3, -0.25) is 4.79 Å². The molecule has 3 aromatic carbocycles. The summed E-state index contributed by atoms with van der Waals surface area (Å²) < 4.78 is 27.6. The Morgan fingerprint density at radius 3 is 2.29 bits per heavy atom. The van der Waals surface area contributed by atoms with Crippen LogP contribution in [0.4, 0.5) is 5.69 Å². The average molecular weight is 397 g/mol. The van der Waals surface area contributed by atoms with Crippen LogP contribution in [0.25, 0.3) is 10.8 Å². The average Bonchev–Trinajstić information content (AvgIpc) is 2.69. The van der Waals surface area contributed by atoms with E-state index < -0.39 is 16.1 Å².